The van der Waals surface area contributed by atoms with Crippen LogP contribution in [0, 0.1) is 5.92 Å². The second-order valence-corrected chi connectivity index (χ2v) is 2.60. The van der Waals surface area contributed by atoms with Gasteiger partial charge >= 0.3 is 5.97 Å². The first-order valence-electron chi connectivity index (χ1n) is 3.63. The van der Waals surface area contributed by atoms with Crippen LogP contribution in [0.15, 0.2) is 0 Å². The van der Waals surface area contributed by atoms with Crippen LogP contribution in [-0.4, -0.2) is 40.8 Å². The molecule has 5 heteroatoms. The highest BCUT2D eigenvalue weighted by atomic mass is 16.4. The van der Waals surface area contributed by atoms with Gasteiger partial charge in [0.25, 0.3) is 5.91 Å². The van der Waals surface area contributed by atoms with Gasteiger partial charge in [-0.05, 0) is 6.92 Å². The Morgan fingerprint density at radius 2 is 2.25 bits per heavy atom. The van der Waals surface area contributed by atoms with E-state index in [9.17, 15) is 14.4 Å². The maximum atomic E-state index is 11.0. The van der Waals surface area contributed by atoms with Gasteiger partial charge in [-0.25, -0.2) is 0 Å². The number of likely N-dealkylation sites (N-methyl/N-ethyl adjacent to an activating group) is 1. The van der Waals surface area contributed by atoms with E-state index in [0.717, 1.165) is 0 Å². The van der Waals surface area contributed by atoms with E-state index in [1.54, 1.807) is 6.92 Å². The fourth-order valence-electron chi connectivity index (χ4n) is 1.15. The molecule has 66 valence electrons. The summed E-state index contributed by atoms with van der Waals surface area (Å²) in [5.41, 5.74) is 0. The fourth-order valence-corrected chi connectivity index (χ4v) is 1.15. The molecule has 0 radical (unpaired) electrons. The van der Waals surface area contributed by atoms with Crippen LogP contribution in [0.2, 0.25) is 0 Å². The molecule has 1 rings (SSSR count). The predicted octanol–water partition coefficient (Wildman–Crippen LogP) is -0.882. The summed E-state index contributed by atoms with van der Waals surface area (Å²) in [6.45, 7) is 2.10. The lowest BCUT2D eigenvalue weighted by atomic mass is 10.1. The van der Waals surface area contributed by atoms with Crippen molar-refractivity contribution in [1.82, 2.24) is 4.90 Å². The van der Waals surface area contributed by atoms with Gasteiger partial charge in [-0.15, -0.1) is 0 Å². The van der Waals surface area contributed by atoms with Gasteiger partial charge in [-0.2, -0.15) is 0 Å². The number of hydrogen-bond donors (Lipinski definition) is 1. The van der Waals surface area contributed by atoms with E-state index in [2.05, 4.69) is 0 Å². The molecule has 1 fully saturated rings. The van der Waals surface area contributed by atoms with Gasteiger partial charge in [-0.3, -0.25) is 14.4 Å². The number of aliphatic carboxylic acids is 1. The second kappa shape index (κ2) is 2.92. The standard InChI is InChI=1S/C7H9NO4/c1-2-8-3-4(7(11)12)5(9)6(8)10/h4H,2-3H2,1H3,(H,11,12)/t4-/m0/s1. The first-order chi connectivity index (χ1) is 5.57. The number of carboxylic acids is 1. The average molecular weight is 171 g/mol. The summed E-state index contributed by atoms with van der Waals surface area (Å²) >= 11 is 0. The van der Waals surface area contributed by atoms with Crippen LogP contribution >= 0.6 is 0 Å². The number of likely N-dealkylation sites (tertiary alicyclic amines) is 1. The van der Waals surface area contributed by atoms with Crippen LogP contribution in [-0.2, 0) is 14.4 Å². The molecule has 1 atom stereocenters. The Bertz CT molecular complexity index is 248. The summed E-state index contributed by atoms with van der Waals surface area (Å²) in [5.74, 6) is -3.85. The summed E-state index contributed by atoms with van der Waals surface area (Å²) < 4.78 is 0. The number of carboxylic acid groups (broad SMARTS) is 1. The maximum Gasteiger partial charge on any atom is 0.316 e. The number of carbonyl (C=O) groups excluding carboxylic acids is 2. The van der Waals surface area contributed by atoms with Crippen molar-refractivity contribution >= 4 is 17.7 Å². The lowest BCUT2D eigenvalue weighted by Crippen LogP contribution is -2.26. The van der Waals surface area contributed by atoms with Crippen molar-refractivity contribution in [3.63, 3.8) is 0 Å². The molecular weight excluding hydrogens is 162 g/mol. The average Bonchev–Trinajstić information content (AvgIpc) is 2.30. The molecule has 12 heavy (non-hydrogen) atoms. The molecular formula is C7H9NO4. The molecule has 0 aromatic rings. The topological polar surface area (TPSA) is 74.7 Å². The Morgan fingerprint density at radius 1 is 1.67 bits per heavy atom. The van der Waals surface area contributed by atoms with E-state index in [0.29, 0.717) is 6.54 Å². The quantitative estimate of drug-likeness (QED) is 0.432. The van der Waals surface area contributed by atoms with Crippen LogP contribution in [0.3, 0.4) is 0 Å². The minimum Gasteiger partial charge on any atom is -0.481 e. The Balaban J connectivity index is 2.81. The van der Waals surface area contributed by atoms with Crippen molar-refractivity contribution in [3.05, 3.63) is 0 Å². The van der Waals surface area contributed by atoms with Gasteiger partial charge in [0.2, 0.25) is 5.78 Å². The number of amides is 1. The Kier molecular flexibility index (Phi) is 2.12. The third-order valence-electron chi connectivity index (χ3n) is 1.90. The van der Waals surface area contributed by atoms with Gasteiger partial charge < -0.3 is 10.0 Å². The zero-order chi connectivity index (χ0) is 9.30. The predicted molar refractivity (Wildman–Crippen MR) is 38.4 cm³/mol. The lowest BCUT2D eigenvalue weighted by Gasteiger charge is -2.09. The zero-order valence-electron chi connectivity index (χ0n) is 6.61. The Labute approximate surface area is 69.0 Å². The van der Waals surface area contributed by atoms with E-state index in [1.807, 2.05) is 0 Å². The number of rotatable bonds is 2. The molecule has 0 spiro atoms. The first-order valence-corrected chi connectivity index (χ1v) is 3.63. The highest BCUT2D eigenvalue weighted by Gasteiger charge is 2.42. The SMILES string of the molecule is CCN1C[C@H](C(=O)O)C(=O)C1=O. The highest BCUT2D eigenvalue weighted by Crippen LogP contribution is 2.13. The molecule has 0 aliphatic carbocycles. The monoisotopic (exact) mass is 171 g/mol. The van der Waals surface area contributed by atoms with E-state index in [4.69, 9.17) is 5.11 Å². The third-order valence-corrected chi connectivity index (χ3v) is 1.90. The van der Waals surface area contributed by atoms with Crippen molar-refractivity contribution in [2.45, 2.75) is 6.92 Å². The van der Waals surface area contributed by atoms with Crippen LogP contribution in [0.1, 0.15) is 6.92 Å². The smallest absolute Gasteiger partial charge is 0.316 e. The summed E-state index contributed by atoms with van der Waals surface area (Å²) in [6.07, 6.45) is 0. The van der Waals surface area contributed by atoms with Crippen molar-refractivity contribution in [2.24, 2.45) is 5.92 Å². The lowest BCUT2D eigenvalue weighted by molar-refractivity contribution is -0.147. The van der Waals surface area contributed by atoms with E-state index in [-0.39, 0.29) is 6.54 Å². The molecule has 1 amide bonds. The van der Waals surface area contributed by atoms with Gasteiger partial charge in [0, 0.05) is 13.1 Å². The van der Waals surface area contributed by atoms with E-state index >= 15 is 0 Å². The first kappa shape index (κ1) is 8.70. The van der Waals surface area contributed by atoms with Crippen LogP contribution in [0.5, 0.6) is 0 Å². The van der Waals surface area contributed by atoms with E-state index in [1.165, 1.54) is 4.90 Å². The second-order valence-electron chi connectivity index (χ2n) is 2.60. The van der Waals surface area contributed by atoms with Gasteiger partial charge in [0.05, 0.1) is 0 Å². The fraction of sp³-hybridized carbons (Fsp3) is 0.571. The minimum absolute atomic E-state index is 0.0174. The van der Waals surface area contributed by atoms with Gasteiger partial charge in [0.15, 0.2) is 0 Å². The molecule has 0 saturated carbocycles. The molecule has 0 bridgehead atoms. The van der Waals surface area contributed by atoms with Crippen molar-refractivity contribution in [1.29, 1.82) is 0 Å². The molecule has 0 unspecified atom stereocenters. The summed E-state index contributed by atoms with van der Waals surface area (Å²) in [7, 11) is 0. The number of Topliss-reactive ketones (excluding diaryl/α,β-unsaturated/α-hetero) is 1. The largest absolute Gasteiger partial charge is 0.481 e. The molecule has 1 N–H and O–H groups in total. The zero-order valence-corrected chi connectivity index (χ0v) is 6.61. The Hall–Kier alpha value is -1.39. The number of ketones is 1. The molecule has 1 heterocycles. The molecule has 1 aliphatic rings. The van der Waals surface area contributed by atoms with Crippen molar-refractivity contribution in [2.75, 3.05) is 13.1 Å². The number of hydrogen-bond acceptors (Lipinski definition) is 3. The normalized spacial score (nSPS) is 23.4. The maximum absolute atomic E-state index is 11.0. The minimum atomic E-state index is -1.22. The summed E-state index contributed by atoms with van der Waals surface area (Å²) in [6, 6.07) is 0. The van der Waals surface area contributed by atoms with Crippen molar-refractivity contribution in [3.8, 4) is 0 Å². The van der Waals surface area contributed by atoms with Crippen LogP contribution < -0.4 is 0 Å². The molecule has 5 nitrogen and oxygen atoms in total. The molecule has 1 saturated heterocycles. The molecule has 0 aromatic heterocycles. The van der Waals surface area contributed by atoms with E-state index < -0.39 is 23.6 Å². The summed E-state index contributed by atoms with van der Waals surface area (Å²) in [4.78, 5) is 33.6. The molecule has 1 aliphatic heterocycles. The number of carbonyl (C=O) groups is 3. The third kappa shape index (κ3) is 1.17. The highest BCUT2D eigenvalue weighted by molar-refractivity contribution is 6.42. The molecule has 0 aromatic carbocycles. The van der Waals surface area contributed by atoms with Gasteiger partial charge in [-0.1, -0.05) is 0 Å². The Morgan fingerprint density at radius 3 is 2.50 bits per heavy atom. The van der Waals surface area contributed by atoms with Crippen LogP contribution in [0.25, 0.3) is 0 Å². The van der Waals surface area contributed by atoms with Crippen LogP contribution in [0.4, 0.5) is 0 Å². The van der Waals surface area contributed by atoms with Crippen molar-refractivity contribution < 1.29 is 19.5 Å². The summed E-state index contributed by atoms with van der Waals surface area (Å²) in [5, 5.41) is 8.52. The number of nitrogens with zero attached hydrogens (tertiary/aromatic N) is 1. The van der Waals surface area contributed by atoms with Gasteiger partial charge in [0.1, 0.15) is 5.92 Å².